The maximum absolute atomic E-state index is 13.3. The van der Waals surface area contributed by atoms with Gasteiger partial charge in [0.05, 0.1) is 5.92 Å². The summed E-state index contributed by atoms with van der Waals surface area (Å²) in [6, 6.07) is 6.45. The average Bonchev–Trinajstić information content (AvgIpc) is 2.32. The van der Waals surface area contributed by atoms with Gasteiger partial charge in [-0.1, -0.05) is 25.1 Å². The van der Waals surface area contributed by atoms with Crippen LogP contribution in [0.4, 0.5) is 4.39 Å². The van der Waals surface area contributed by atoms with E-state index in [4.69, 9.17) is 0 Å². The van der Waals surface area contributed by atoms with Crippen LogP contribution in [0.15, 0.2) is 24.3 Å². The number of amides is 1. The van der Waals surface area contributed by atoms with Crippen molar-refractivity contribution in [2.24, 2.45) is 5.92 Å². The van der Waals surface area contributed by atoms with E-state index in [1.165, 1.54) is 13.0 Å². The third-order valence-electron chi connectivity index (χ3n) is 2.87. The summed E-state index contributed by atoms with van der Waals surface area (Å²) < 4.78 is 13.3. The Morgan fingerprint density at radius 1 is 1.33 bits per heavy atom. The van der Waals surface area contributed by atoms with E-state index in [-0.39, 0.29) is 17.5 Å². The Balaban J connectivity index is 2.45. The molecular formula is C14H18FNO2. The standard InChI is InChI=1S/C14H18FNO2/c1-3-12(10(2)17)14(18)16-9-8-11-6-4-5-7-13(11)15/h4-7,12H,3,8-9H2,1-2H3,(H,16,18). The molecular weight excluding hydrogens is 233 g/mol. The normalized spacial score (nSPS) is 11.9. The molecule has 1 atom stereocenters. The van der Waals surface area contributed by atoms with Crippen molar-refractivity contribution < 1.29 is 14.0 Å². The molecule has 0 radical (unpaired) electrons. The first-order valence-electron chi connectivity index (χ1n) is 6.07. The number of ketones is 1. The van der Waals surface area contributed by atoms with Crippen molar-refractivity contribution >= 4 is 11.7 Å². The molecule has 1 amide bonds. The lowest BCUT2D eigenvalue weighted by Gasteiger charge is -2.11. The van der Waals surface area contributed by atoms with Gasteiger partial charge in [-0.15, -0.1) is 0 Å². The van der Waals surface area contributed by atoms with Crippen molar-refractivity contribution in [3.8, 4) is 0 Å². The van der Waals surface area contributed by atoms with Crippen molar-refractivity contribution in [1.29, 1.82) is 0 Å². The predicted octanol–water partition coefficient (Wildman–Crippen LogP) is 2.10. The van der Waals surface area contributed by atoms with Gasteiger partial charge in [-0.05, 0) is 31.4 Å². The minimum atomic E-state index is -0.592. The quantitative estimate of drug-likeness (QED) is 0.787. The van der Waals surface area contributed by atoms with Crippen LogP contribution >= 0.6 is 0 Å². The zero-order valence-corrected chi connectivity index (χ0v) is 10.7. The van der Waals surface area contributed by atoms with Gasteiger partial charge in [-0.25, -0.2) is 4.39 Å². The summed E-state index contributed by atoms with van der Waals surface area (Å²) in [7, 11) is 0. The topological polar surface area (TPSA) is 46.2 Å². The number of nitrogens with one attached hydrogen (secondary N) is 1. The molecule has 98 valence electrons. The van der Waals surface area contributed by atoms with Crippen molar-refractivity contribution in [2.45, 2.75) is 26.7 Å². The Morgan fingerprint density at radius 3 is 2.56 bits per heavy atom. The van der Waals surface area contributed by atoms with Crippen molar-refractivity contribution in [3.05, 3.63) is 35.6 Å². The van der Waals surface area contributed by atoms with Crippen LogP contribution in [0.5, 0.6) is 0 Å². The number of benzene rings is 1. The molecule has 1 unspecified atom stereocenters. The number of halogens is 1. The fourth-order valence-electron chi connectivity index (χ4n) is 1.80. The second kappa shape index (κ2) is 6.89. The maximum atomic E-state index is 13.3. The lowest BCUT2D eigenvalue weighted by atomic mass is 10.0. The second-order valence-electron chi connectivity index (χ2n) is 4.20. The molecule has 1 rings (SSSR count). The van der Waals surface area contributed by atoms with Gasteiger partial charge >= 0.3 is 0 Å². The molecule has 1 aromatic carbocycles. The molecule has 1 aromatic rings. The number of Topliss-reactive ketones (excluding diaryl/α,β-unsaturated/α-hetero) is 1. The molecule has 1 N–H and O–H groups in total. The Morgan fingerprint density at radius 2 is 2.00 bits per heavy atom. The van der Waals surface area contributed by atoms with E-state index in [0.717, 1.165) is 0 Å². The van der Waals surface area contributed by atoms with Crippen molar-refractivity contribution in [2.75, 3.05) is 6.54 Å². The van der Waals surface area contributed by atoms with E-state index in [9.17, 15) is 14.0 Å². The Bertz CT molecular complexity index is 432. The number of carbonyl (C=O) groups is 2. The molecule has 0 aliphatic carbocycles. The number of hydrogen-bond acceptors (Lipinski definition) is 2. The van der Waals surface area contributed by atoms with Crippen LogP contribution in [-0.4, -0.2) is 18.2 Å². The number of rotatable bonds is 6. The van der Waals surface area contributed by atoms with Gasteiger partial charge < -0.3 is 5.32 Å². The van der Waals surface area contributed by atoms with E-state index in [0.29, 0.717) is 24.9 Å². The van der Waals surface area contributed by atoms with E-state index in [1.54, 1.807) is 25.1 Å². The molecule has 0 bridgehead atoms. The van der Waals surface area contributed by atoms with Crippen molar-refractivity contribution in [1.82, 2.24) is 5.32 Å². The second-order valence-corrected chi connectivity index (χ2v) is 4.20. The SMILES string of the molecule is CCC(C(C)=O)C(=O)NCCc1ccccc1F. The first kappa shape index (κ1) is 14.4. The summed E-state index contributed by atoms with van der Waals surface area (Å²) in [5.74, 6) is -1.28. The highest BCUT2D eigenvalue weighted by atomic mass is 19.1. The first-order valence-corrected chi connectivity index (χ1v) is 6.07. The Labute approximate surface area is 106 Å². The van der Waals surface area contributed by atoms with E-state index >= 15 is 0 Å². The molecule has 4 heteroatoms. The monoisotopic (exact) mass is 251 g/mol. The summed E-state index contributed by atoms with van der Waals surface area (Å²) >= 11 is 0. The largest absolute Gasteiger partial charge is 0.355 e. The number of hydrogen-bond donors (Lipinski definition) is 1. The van der Waals surface area contributed by atoms with Gasteiger partial charge in [0.2, 0.25) is 5.91 Å². The zero-order chi connectivity index (χ0) is 13.5. The van der Waals surface area contributed by atoms with Gasteiger partial charge in [0.25, 0.3) is 0 Å². The third kappa shape index (κ3) is 3.95. The minimum Gasteiger partial charge on any atom is -0.355 e. The number of carbonyl (C=O) groups excluding carboxylic acids is 2. The molecule has 18 heavy (non-hydrogen) atoms. The molecule has 0 heterocycles. The van der Waals surface area contributed by atoms with Gasteiger partial charge in [0.15, 0.2) is 0 Å². The average molecular weight is 251 g/mol. The van der Waals surface area contributed by atoms with Crippen LogP contribution in [0.25, 0.3) is 0 Å². The highest BCUT2D eigenvalue weighted by Crippen LogP contribution is 2.07. The van der Waals surface area contributed by atoms with Crippen LogP contribution in [-0.2, 0) is 16.0 Å². The molecule has 0 saturated carbocycles. The van der Waals surface area contributed by atoms with Crippen molar-refractivity contribution in [3.63, 3.8) is 0 Å². The highest BCUT2D eigenvalue weighted by Gasteiger charge is 2.20. The molecule has 0 aromatic heterocycles. The maximum Gasteiger partial charge on any atom is 0.230 e. The van der Waals surface area contributed by atoms with Gasteiger partial charge in [0.1, 0.15) is 11.6 Å². The lowest BCUT2D eigenvalue weighted by molar-refractivity contribution is -0.133. The highest BCUT2D eigenvalue weighted by molar-refractivity contribution is 6.00. The van der Waals surface area contributed by atoms with E-state index in [2.05, 4.69) is 5.32 Å². The minimum absolute atomic E-state index is 0.138. The predicted molar refractivity (Wildman–Crippen MR) is 67.6 cm³/mol. The first-order chi connectivity index (χ1) is 8.56. The van der Waals surface area contributed by atoms with E-state index < -0.39 is 5.92 Å². The van der Waals surface area contributed by atoms with Gasteiger partial charge in [0, 0.05) is 6.54 Å². The van der Waals surface area contributed by atoms with Crippen LogP contribution < -0.4 is 5.32 Å². The van der Waals surface area contributed by atoms with Crippen LogP contribution in [0, 0.1) is 11.7 Å². The molecule has 0 aliphatic heterocycles. The van der Waals surface area contributed by atoms with Gasteiger partial charge in [-0.2, -0.15) is 0 Å². The summed E-state index contributed by atoms with van der Waals surface area (Å²) in [4.78, 5) is 22.8. The lowest BCUT2D eigenvalue weighted by Crippen LogP contribution is -2.35. The summed E-state index contributed by atoms with van der Waals surface area (Å²) in [6.45, 7) is 3.54. The van der Waals surface area contributed by atoms with Crippen LogP contribution in [0.2, 0.25) is 0 Å². The van der Waals surface area contributed by atoms with Gasteiger partial charge in [-0.3, -0.25) is 9.59 Å². The molecule has 0 aliphatic rings. The Kier molecular flexibility index (Phi) is 5.49. The fourth-order valence-corrected chi connectivity index (χ4v) is 1.80. The van der Waals surface area contributed by atoms with Crippen LogP contribution in [0.1, 0.15) is 25.8 Å². The summed E-state index contributed by atoms with van der Waals surface area (Å²) in [6.07, 6.45) is 0.910. The zero-order valence-electron chi connectivity index (χ0n) is 10.7. The summed E-state index contributed by atoms with van der Waals surface area (Å²) in [5, 5.41) is 2.66. The molecule has 0 fully saturated rings. The van der Waals surface area contributed by atoms with E-state index in [1.807, 2.05) is 0 Å². The van der Waals surface area contributed by atoms with Crippen LogP contribution in [0.3, 0.4) is 0 Å². The smallest absolute Gasteiger partial charge is 0.230 e. The molecule has 0 spiro atoms. The molecule has 0 saturated heterocycles. The summed E-state index contributed by atoms with van der Waals surface area (Å²) in [5.41, 5.74) is 0.564. The molecule has 3 nitrogen and oxygen atoms in total. The third-order valence-corrected chi connectivity index (χ3v) is 2.87. The fraction of sp³-hybridized carbons (Fsp3) is 0.429. The Hall–Kier alpha value is -1.71.